The summed E-state index contributed by atoms with van der Waals surface area (Å²) in [5.41, 5.74) is 1.58. The molecule has 0 spiro atoms. The van der Waals surface area contributed by atoms with Crippen LogP contribution >= 0.6 is 12.4 Å². The Morgan fingerprint density at radius 3 is 2.91 bits per heavy atom. The van der Waals surface area contributed by atoms with E-state index in [1.807, 2.05) is 26.1 Å². The minimum absolute atomic E-state index is 0. The smallest absolute Gasteiger partial charge is 0.245 e. The first-order valence-electron chi connectivity index (χ1n) is 7.56. The van der Waals surface area contributed by atoms with Crippen LogP contribution in [0.3, 0.4) is 0 Å². The normalized spacial score (nSPS) is 19.0. The molecule has 0 radical (unpaired) electrons. The first kappa shape index (κ1) is 18.1. The van der Waals surface area contributed by atoms with Crippen molar-refractivity contribution in [1.82, 2.24) is 14.6 Å². The molecule has 126 valence electrons. The van der Waals surface area contributed by atoms with E-state index in [1.165, 1.54) is 0 Å². The second-order valence-corrected chi connectivity index (χ2v) is 7.67. The van der Waals surface area contributed by atoms with Crippen LogP contribution < -0.4 is 5.32 Å². The Hall–Kier alpha value is -1.21. The lowest BCUT2D eigenvalue weighted by Gasteiger charge is -2.24. The molecule has 5 nitrogen and oxygen atoms in total. The highest BCUT2D eigenvalue weighted by Gasteiger charge is 2.35. The monoisotopic (exact) mass is 355 g/mol. The van der Waals surface area contributed by atoms with Gasteiger partial charge in [0.25, 0.3) is 0 Å². The second-order valence-electron chi connectivity index (χ2n) is 5.81. The molecule has 1 aromatic heterocycles. The Kier molecular flexibility index (Phi) is 5.62. The van der Waals surface area contributed by atoms with Gasteiger partial charge in [0.15, 0.2) is 0 Å². The number of nitrogens with zero attached hydrogens (tertiary/aromatic N) is 2. The molecule has 1 aliphatic rings. The Labute approximate surface area is 143 Å². The van der Waals surface area contributed by atoms with Gasteiger partial charge in [-0.1, -0.05) is 12.1 Å². The Balaban J connectivity index is 0.00000192. The van der Waals surface area contributed by atoms with Crippen molar-refractivity contribution in [2.75, 3.05) is 20.1 Å². The minimum Gasteiger partial charge on any atom is -0.318 e. The van der Waals surface area contributed by atoms with Crippen LogP contribution in [0.2, 0.25) is 0 Å². The summed E-state index contributed by atoms with van der Waals surface area (Å²) in [5.74, 6) is 0. The quantitative estimate of drug-likeness (QED) is 0.914. The Morgan fingerprint density at radius 1 is 1.39 bits per heavy atom. The van der Waals surface area contributed by atoms with Gasteiger partial charge in [-0.15, -0.1) is 12.4 Å². The molecule has 0 saturated carbocycles. The van der Waals surface area contributed by atoms with Gasteiger partial charge in [-0.05, 0) is 44.5 Å². The van der Waals surface area contributed by atoms with Crippen LogP contribution in [0.5, 0.6) is 0 Å². The number of para-hydroxylation sites is 1. The molecule has 23 heavy (non-hydrogen) atoms. The van der Waals surface area contributed by atoms with Crippen LogP contribution in [-0.2, 0) is 10.0 Å². The molecule has 1 atom stereocenters. The predicted octanol–water partition coefficient (Wildman–Crippen LogP) is 2.34. The third-order valence-corrected chi connectivity index (χ3v) is 6.14. The molecule has 7 heteroatoms. The topological polar surface area (TPSA) is 62.3 Å². The standard InChI is InChI=1S/C16H21N3O2S.ClH/c1-12-9-13-5-3-7-15(16(13)18-10-12)22(20,21)19-8-4-6-14(19)11-17-2;/h3,5,7,9-10,14,17H,4,6,8,11H2,1-2H3;1H. The maximum atomic E-state index is 13.1. The summed E-state index contributed by atoms with van der Waals surface area (Å²) < 4.78 is 27.8. The van der Waals surface area contributed by atoms with E-state index in [2.05, 4.69) is 10.3 Å². The lowest BCUT2D eigenvalue weighted by molar-refractivity contribution is 0.379. The Bertz CT molecular complexity index is 795. The summed E-state index contributed by atoms with van der Waals surface area (Å²) >= 11 is 0. The number of hydrogen-bond donors (Lipinski definition) is 1. The van der Waals surface area contributed by atoms with E-state index in [0.29, 0.717) is 23.5 Å². The van der Waals surface area contributed by atoms with Crippen molar-refractivity contribution in [3.63, 3.8) is 0 Å². The number of aryl methyl sites for hydroxylation is 1. The molecule has 1 unspecified atom stereocenters. The van der Waals surface area contributed by atoms with Gasteiger partial charge in [0.1, 0.15) is 4.90 Å². The van der Waals surface area contributed by atoms with Crippen LogP contribution in [-0.4, -0.2) is 43.9 Å². The van der Waals surface area contributed by atoms with Crippen molar-refractivity contribution >= 4 is 33.3 Å². The number of sulfonamides is 1. The predicted molar refractivity (Wildman–Crippen MR) is 94.6 cm³/mol. The molecule has 2 heterocycles. The number of likely N-dealkylation sites (N-methyl/N-ethyl adjacent to an activating group) is 1. The van der Waals surface area contributed by atoms with Gasteiger partial charge in [0, 0.05) is 30.7 Å². The lowest BCUT2D eigenvalue weighted by Crippen LogP contribution is -2.40. The van der Waals surface area contributed by atoms with Gasteiger partial charge in [0.05, 0.1) is 5.52 Å². The van der Waals surface area contributed by atoms with Crippen molar-refractivity contribution in [1.29, 1.82) is 0 Å². The van der Waals surface area contributed by atoms with E-state index in [4.69, 9.17) is 0 Å². The molecular formula is C16H22ClN3O2S. The first-order chi connectivity index (χ1) is 10.5. The summed E-state index contributed by atoms with van der Waals surface area (Å²) in [6, 6.07) is 7.35. The van der Waals surface area contributed by atoms with Crippen LogP contribution in [0, 0.1) is 6.92 Å². The maximum Gasteiger partial charge on any atom is 0.245 e. The van der Waals surface area contributed by atoms with Gasteiger partial charge in [-0.3, -0.25) is 4.98 Å². The third-order valence-electron chi connectivity index (χ3n) is 4.16. The number of nitrogens with one attached hydrogen (secondary N) is 1. The number of benzene rings is 1. The zero-order chi connectivity index (χ0) is 15.7. The fraction of sp³-hybridized carbons (Fsp3) is 0.438. The van der Waals surface area contributed by atoms with Gasteiger partial charge in [-0.25, -0.2) is 8.42 Å². The largest absolute Gasteiger partial charge is 0.318 e. The van der Waals surface area contributed by atoms with Crippen molar-refractivity contribution < 1.29 is 8.42 Å². The van der Waals surface area contributed by atoms with Crippen LogP contribution in [0.15, 0.2) is 35.4 Å². The van der Waals surface area contributed by atoms with E-state index < -0.39 is 10.0 Å². The SMILES string of the molecule is CNCC1CCCN1S(=O)(=O)c1cccc2cc(C)cnc12.Cl. The summed E-state index contributed by atoms with van der Waals surface area (Å²) in [5, 5.41) is 3.95. The molecule has 1 aromatic carbocycles. The second kappa shape index (κ2) is 7.13. The molecule has 1 N–H and O–H groups in total. The van der Waals surface area contributed by atoms with E-state index in [1.54, 1.807) is 22.6 Å². The van der Waals surface area contributed by atoms with Crippen LogP contribution in [0.25, 0.3) is 10.9 Å². The van der Waals surface area contributed by atoms with Crippen molar-refractivity contribution in [2.24, 2.45) is 0 Å². The van der Waals surface area contributed by atoms with Crippen molar-refractivity contribution in [3.05, 3.63) is 36.0 Å². The summed E-state index contributed by atoms with van der Waals surface area (Å²) in [6.07, 6.45) is 3.52. The fourth-order valence-electron chi connectivity index (χ4n) is 3.14. The van der Waals surface area contributed by atoms with Gasteiger partial charge in [-0.2, -0.15) is 4.31 Å². The number of fused-ring (bicyclic) bond motifs is 1. The summed E-state index contributed by atoms with van der Waals surface area (Å²) in [4.78, 5) is 4.68. The van der Waals surface area contributed by atoms with Crippen LogP contribution in [0.1, 0.15) is 18.4 Å². The minimum atomic E-state index is -3.52. The zero-order valence-corrected chi connectivity index (χ0v) is 15.0. The lowest BCUT2D eigenvalue weighted by atomic mass is 10.2. The highest BCUT2D eigenvalue weighted by atomic mass is 35.5. The molecular weight excluding hydrogens is 334 g/mol. The number of hydrogen-bond acceptors (Lipinski definition) is 4. The molecule has 1 saturated heterocycles. The van der Waals surface area contributed by atoms with E-state index >= 15 is 0 Å². The molecule has 3 rings (SSSR count). The maximum absolute atomic E-state index is 13.1. The highest BCUT2D eigenvalue weighted by molar-refractivity contribution is 7.89. The summed E-state index contributed by atoms with van der Waals surface area (Å²) in [6.45, 7) is 3.21. The number of rotatable bonds is 4. The first-order valence-corrected chi connectivity index (χ1v) is 9.00. The van der Waals surface area contributed by atoms with E-state index in [0.717, 1.165) is 23.8 Å². The molecule has 0 bridgehead atoms. The fourth-order valence-corrected chi connectivity index (χ4v) is 5.00. The van der Waals surface area contributed by atoms with E-state index in [-0.39, 0.29) is 18.4 Å². The molecule has 2 aromatic rings. The molecule has 0 aliphatic carbocycles. The average molecular weight is 356 g/mol. The number of halogens is 1. The molecule has 0 amide bonds. The molecule has 1 fully saturated rings. The van der Waals surface area contributed by atoms with Gasteiger partial charge < -0.3 is 5.32 Å². The molecule has 1 aliphatic heterocycles. The van der Waals surface area contributed by atoms with Gasteiger partial charge >= 0.3 is 0 Å². The number of pyridine rings is 1. The van der Waals surface area contributed by atoms with Gasteiger partial charge in [0.2, 0.25) is 10.0 Å². The van der Waals surface area contributed by atoms with Crippen molar-refractivity contribution in [3.8, 4) is 0 Å². The third kappa shape index (κ3) is 3.35. The highest BCUT2D eigenvalue weighted by Crippen LogP contribution is 2.29. The average Bonchev–Trinajstić information content (AvgIpc) is 2.95. The van der Waals surface area contributed by atoms with Crippen LogP contribution in [0.4, 0.5) is 0 Å². The van der Waals surface area contributed by atoms with E-state index in [9.17, 15) is 8.42 Å². The Morgan fingerprint density at radius 2 is 2.17 bits per heavy atom. The zero-order valence-electron chi connectivity index (χ0n) is 13.3. The summed E-state index contributed by atoms with van der Waals surface area (Å²) in [7, 11) is -1.67. The van der Waals surface area contributed by atoms with Crippen molar-refractivity contribution in [2.45, 2.75) is 30.7 Å². The number of aromatic nitrogens is 1.